The zero-order valence-corrected chi connectivity index (χ0v) is 18.2. The van der Waals surface area contributed by atoms with Crippen molar-refractivity contribution in [3.8, 4) is 0 Å². The molecular weight excluding hydrogens is 396 g/mol. The minimum atomic E-state index is -0.694. The van der Waals surface area contributed by atoms with Crippen molar-refractivity contribution in [3.05, 3.63) is 70.4 Å². The summed E-state index contributed by atoms with van der Waals surface area (Å²) in [6.07, 6.45) is 0. The zero-order valence-electron chi connectivity index (χ0n) is 18.2. The lowest BCUT2D eigenvalue weighted by Gasteiger charge is -2.33. The lowest BCUT2D eigenvalue weighted by molar-refractivity contribution is -0.136. The van der Waals surface area contributed by atoms with Gasteiger partial charge in [0, 0.05) is 24.1 Å². The Kier molecular flexibility index (Phi) is 6.29. The van der Waals surface area contributed by atoms with Crippen LogP contribution in [0.15, 0.2) is 53.7 Å². The number of anilines is 2. The molecule has 1 aliphatic heterocycles. The van der Waals surface area contributed by atoms with E-state index < -0.39 is 18.0 Å². The van der Waals surface area contributed by atoms with E-state index in [1.54, 1.807) is 38.2 Å². The molecule has 1 unspecified atom stereocenters. The van der Waals surface area contributed by atoms with Crippen LogP contribution in [-0.2, 0) is 9.53 Å². The fourth-order valence-corrected chi connectivity index (χ4v) is 3.49. The third-order valence-corrected chi connectivity index (χ3v) is 5.27. The Balaban J connectivity index is 1.84. The lowest BCUT2D eigenvalue weighted by atomic mass is 9.94. The molecule has 1 heterocycles. The third-order valence-electron chi connectivity index (χ3n) is 5.27. The van der Waals surface area contributed by atoms with E-state index in [2.05, 4.69) is 16.0 Å². The van der Waals surface area contributed by atoms with Gasteiger partial charge in [-0.1, -0.05) is 29.8 Å². The summed E-state index contributed by atoms with van der Waals surface area (Å²) in [5.74, 6) is -0.527. The maximum atomic E-state index is 12.5. The maximum Gasteiger partial charge on any atom is 0.337 e. The molecule has 0 saturated carbocycles. The maximum absolute atomic E-state index is 12.5. The SMILES string of the molecule is COC(=O)C1=C(C)N(C)C(=O)NC1c1cccc(NC(=O)Nc2ccc(C)cc2C)c1. The van der Waals surface area contributed by atoms with Crippen LogP contribution < -0.4 is 16.0 Å². The van der Waals surface area contributed by atoms with Crippen molar-refractivity contribution in [1.82, 2.24) is 10.2 Å². The van der Waals surface area contributed by atoms with Crippen molar-refractivity contribution >= 4 is 29.4 Å². The molecule has 0 aromatic heterocycles. The molecule has 4 amide bonds. The van der Waals surface area contributed by atoms with Gasteiger partial charge in [0.05, 0.1) is 18.7 Å². The number of urea groups is 2. The van der Waals surface area contributed by atoms with Crippen molar-refractivity contribution in [2.45, 2.75) is 26.8 Å². The van der Waals surface area contributed by atoms with Gasteiger partial charge < -0.3 is 25.6 Å². The van der Waals surface area contributed by atoms with E-state index in [4.69, 9.17) is 4.74 Å². The van der Waals surface area contributed by atoms with Gasteiger partial charge in [-0.25, -0.2) is 14.4 Å². The van der Waals surface area contributed by atoms with Gasteiger partial charge >= 0.3 is 18.0 Å². The third kappa shape index (κ3) is 4.69. The minimum Gasteiger partial charge on any atom is -0.466 e. The number of nitrogens with zero attached hydrogens (tertiary/aromatic N) is 1. The highest BCUT2D eigenvalue weighted by atomic mass is 16.5. The van der Waals surface area contributed by atoms with Gasteiger partial charge in [0.15, 0.2) is 0 Å². The van der Waals surface area contributed by atoms with Crippen LogP contribution in [0.2, 0.25) is 0 Å². The quantitative estimate of drug-likeness (QED) is 0.646. The Morgan fingerprint density at radius 2 is 1.81 bits per heavy atom. The number of nitrogens with one attached hydrogen (secondary N) is 3. The van der Waals surface area contributed by atoms with Gasteiger partial charge in [0.1, 0.15) is 0 Å². The number of aryl methyl sites for hydroxylation is 2. The van der Waals surface area contributed by atoms with Crippen LogP contribution in [-0.4, -0.2) is 37.1 Å². The Morgan fingerprint density at radius 1 is 1.06 bits per heavy atom. The van der Waals surface area contributed by atoms with Crippen molar-refractivity contribution in [2.24, 2.45) is 0 Å². The van der Waals surface area contributed by atoms with Crippen LogP contribution >= 0.6 is 0 Å². The van der Waals surface area contributed by atoms with Crippen LogP contribution in [0, 0.1) is 13.8 Å². The molecule has 1 aliphatic rings. The zero-order chi connectivity index (χ0) is 22.7. The first-order valence-electron chi connectivity index (χ1n) is 9.79. The Morgan fingerprint density at radius 3 is 2.48 bits per heavy atom. The van der Waals surface area contributed by atoms with Crippen molar-refractivity contribution in [2.75, 3.05) is 24.8 Å². The molecule has 2 aromatic carbocycles. The fourth-order valence-electron chi connectivity index (χ4n) is 3.49. The molecule has 2 aromatic rings. The average molecular weight is 422 g/mol. The van der Waals surface area contributed by atoms with E-state index >= 15 is 0 Å². The number of hydrogen-bond donors (Lipinski definition) is 3. The summed E-state index contributed by atoms with van der Waals surface area (Å²) in [5, 5.41) is 8.44. The van der Waals surface area contributed by atoms with E-state index in [9.17, 15) is 14.4 Å². The predicted molar refractivity (Wildman–Crippen MR) is 119 cm³/mol. The summed E-state index contributed by atoms with van der Waals surface area (Å²) in [7, 11) is 2.88. The summed E-state index contributed by atoms with van der Waals surface area (Å²) < 4.78 is 4.92. The fraction of sp³-hybridized carbons (Fsp3) is 0.261. The number of esters is 1. The molecule has 162 valence electrons. The van der Waals surface area contributed by atoms with Crippen LogP contribution in [0.3, 0.4) is 0 Å². The second-order valence-corrected chi connectivity index (χ2v) is 7.46. The summed E-state index contributed by atoms with van der Waals surface area (Å²) in [6.45, 7) is 5.61. The highest BCUT2D eigenvalue weighted by Gasteiger charge is 2.34. The molecular formula is C23H26N4O4. The molecule has 8 heteroatoms. The average Bonchev–Trinajstić information content (AvgIpc) is 2.73. The highest BCUT2D eigenvalue weighted by molar-refractivity contribution is 6.00. The van der Waals surface area contributed by atoms with Gasteiger partial charge in [0.25, 0.3) is 0 Å². The Hall–Kier alpha value is -3.81. The summed E-state index contributed by atoms with van der Waals surface area (Å²) in [5.41, 5.74) is 4.80. The summed E-state index contributed by atoms with van der Waals surface area (Å²) in [6, 6.07) is 11.3. The Labute approximate surface area is 181 Å². The van der Waals surface area contributed by atoms with Crippen LogP contribution in [0.1, 0.15) is 29.7 Å². The molecule has 0 fully saturated rings. The van der Waals surface area contributed by atoms with E-state index in [1.807, 2.05) is 32.0 Å². The number of methoxy groups -OCH3 is 1. The van der Waals surface area contributed by atoms with Crippen molar-refractivity contribution in [3.63, 3.8) is 0 Å². The number of ether oxygens (including phenoxy) is 1. The Bertz CT molecular complexity index is 1080. The van der Waals surface area contributed by atoms with Gasteiger partial charge in [-0.15, -0.1) is 0 Å². The minimum absolute atomic E-state index is 0.332. The molecule has 0 spiro atoms. The van der Waals surface area contributed by atoms with Crippen molar-refractivity contribution < 1.29 is 19.1 Å². The number of amides is 4. The molecule has 0 bridgehead atoms. The molecule has 3 N–H and O–H groups in total. The number of hydrogen-bond acceptors (Lipinski definition) is 4. The second kappa shape index (κ2) is 8.91. The number of carbonyl (C=O) groups is 3. The van der Waals surface area contributed by atoms with Gasteiger partial charge in [0.2, 0.25) is 0 Å². The number of benzene rings is 2. The number of rotatable bonds is 4. The summed E-state index contributed by atoms with van der Waals surface area (Å²) >= 11 is 0. The molecule has 0 saturated heterocycles. The van der Waals surface area contributed by atoms with E-state index in [-0.39, 0.29) is 6.03 Å². The number of carbonyl (C=O) groups excluding carboxylic acids is 3. The van der Waals surface area contributed by atoms with Crippen LogP contribution in [0.5, 0.6) is 0 Å². The number of allylic oxidation sites excluding steroid dienone is 1. The van der Waals surface area contributed by atoms with E-state index in [1.165, 1.54) is 12.0 Å². The predicted octanol–water partition coefficient (Wildman–Crippen LogP) is 4.09. The smallest absolute Gasteiger partial charge is 0.337 e. The van der Waals surface area contributed by atoms with Gasteiger partial charge in [-0.3, -0.25) is 0 Å². The largest absolute Gasteiger partial charge is 0.466 e. The first-order valence-corrected chi connectivity index (χ1v) is 9.79. The molecule has 8 nitrogen and oxygen atoms in total. The molecule has 1 atom stereocenters. The van der Waals surface area contributed by atoms with Gasteiger partial charge in [-0.05, 0) is 50.1 Å². The van der Waals surface area contributed by atoms with Gasteiger partial charge in [-0.2, -0.15) is 0 Å². The first kappa shape index (κ1) is 21.9. The lowest BCUT2D eigenvalue weighted by Crippen LogP contribution is -2.46. The molecule has 0 aliphatic carbocycles. The highest BCUT2D eigenvalue weighted by Crippen LogP contribution is 2.31. The topological polar surface area (TPSA) is 99.8 Å². The van der Waals surface area contributed by atoms with Crippen LogP contribution in [0.4, 0.5) is 21.0 Å². The second-order valence-electron chi connectivity index (χ2n) is 7.46. The van der Waals surface area contributed by atoms with E-state index in [0.717, 1.165) is 11.1 Å². The van der Waals surface area contributed by atoms with Crippen LogP contribution in [0.25, 0.3) is 0 Å². The standard InChI is InChI=1S/C23H26N4O4/c1-13-9-10-18(14(2)11-13)25-22(29)24-17-8-6-7-16(12-17)20-19(21(28)31-5)15(3)27(4)23(30)26-20/h6-12,20H,1-5H3,(H,26,30)(H2,24,25,29). The molecule has 0 radical (unpaired) electrons. The molecule has 31 heavy (non-hydrogen) atoms. The van der Waals surface area contributed by atoms with Crippen molar-refractivity contribution in [1.29, 1.82) is 0 Å². The molecule has 3 rings (SSSR count). The monoisotopic (exact) mass is 422 g/mol. The van der Waals surface area contributed by atoms with E-state index in [0.29, 0.717) is 28.2 Å². The first-order chi connectivity index (χ1) is 14.7. The summed E-state index contributed by atoms with van der Waals surface area (Å²) in [4.78, 5) is 38.6. The normalized spacial score (nSPS) is 16.0.